The molecule has 26 heavy (non-hydrogen) atoms. The fourth-order valence-corrected chi connectivity index (χ4v) is 2.92. The number of rotatable bonds is 9. The van der Waals surface area contributed by atoms with Crippen LogP contribution in [0.1, 0.15) is 18.1 Å². The lowest BCUT2D eigenvalue weighted by Gasteiger charge is -2.19. The standard InChI is InChI=1S/C21H25FO4/c1-2-24-21-20(25-14-17-11-7-4-8-12-17)19(22)18(26-21)15-23-13-16-9-5-3-6-10-16/h3-12,18-21H,2,13-15H2,1H3/t18-,19+,20-,21+/m1/s1. The Morgan fingerprint density at radius 1 is 0.885 bits per heavy atom. The zero-order chi connectivity index (χ0) is 18.2. The lowest BCUT2D eigenvalue weighted by Crippen LogP contribution is -2.34. The van der Waals surface area contributed by atoms with Gasteiger partial charge in [-0.2, -0.15) is 0 Å². The first-order valence-corrected chi connectivity index (χ1v) is 8.96. The van der Waals surface area contributed by atoms with E-state index in [1.54, 1.807) is 0 Å². The van der Waals surface area contributed by atoms with Gasteiger partial charge in [-0.05, 0) is 18.1 Å². The highest BCUT2D eigenvalue weighted by Gasteiger charge is 2.46. The van der Waals surface area contributed by atoms with Crippen LogP contribution in [0.4, 0.5) is 4.39 Å². The van der Waals surface area contributed by atoms with Crippen molar-refractivity contribution in [3.8, 4) is 0 Å². The summed E-state index contributed by atoms with van der Waals surface area (Å²) < 4.78 is 37.5. The van der Waals surface area contributed by atoms with Crippen LogP contribution in [0.5, 0.6) is 0 Å². The number of alkyl halides is 1. The van der Waals surface area contributed by atoms with Crippen molar-refractivity contribution in [3.05, 3.63) is 71.8 Å². The number of hydrogen-bond donors (Lipinski definition) is 0. The highest BCUT2D eigenvalue weighted by atomic mass is 19.1. The van der Waals surface area contributed by atoms with Crippen LogP contribution in [-0.4, -0.2) is 37.9 Å². The van der Waals surface area contributed by atoms with Gasteiger partial charge >= 0.3 is 0 Å². The fourth-order valence-electron chi connectivity index (χ4n) is 2.92. The minimum atomic E-state index is -1.30. The quantitative estimate of drug-likeness (QED) is 0.680. The molecule has 1 aliphatic rings. The smallest absolute Gasteiger partial charge is 0.187 e. The third kappa shape index (κ3) is 5.11. The molecule has 3 rings (SSSR count). The van der Waals surface area contributed by atoms with Crippen LogP contribution in [-0.2, 0) is 32.2 Å². The van der Waals surface area contributed by atoms with E-state index in [-0.39, 0.29) is 6.61 Å². The number of halogens is 1. The molecule has 1 saturated heterocycles. The average molecular weight is 360 g/mol. The predicted octanol–water partition coefficient (Wildman–Crippen LogP) is 3.89. The third-order valence-corrected chi connectivity index (χ3v) is 4.26. The number of benzene rings is 2. The molecule has 2 aromatic carbocycles. The van der Waals surface area contributed by atoms with Gasteiger partial charge < -0.3 is 18.9 Å². The number of ether oxygens (including phenoxy) is 4. The van der Waals surface area contributed by atoms with Gasteiger partial charge in [-0.1, -0.05) is 60.7 Å². The summed E-state index contributed by atoms with van der Waals surface area (Å²) in [5.41, 5.74) is 2.03. The minimum Gasteiger partial charge on any atom is -0.374 e. The second-order valence-corrected chi connectivity index (χ2v) is 6.20. The number of hydrogen-bond acceptors (Lipinski definition) is 4. The Labute approximate surface area is 153 Å². The molecule has 0 aromatic heterocycles. The topological polar surface area (TPSA) is 36.9 Å². The van der Waals surface area contributed by atoms with Crippen molar-refractivity contribution in [3.63, 3.8) is 0 Å². The van der Waals surface area contributed by atoms with E-state index in [0.717, 1.165) is 11.1 Å². The second kappa shape index (κ2) is 9.78. The highest BCUT2D eigenvalue weighted by molar-refractivity contribution is 5.14. The van der Waals surface area contributed by atoms with Crippen LogP contribution in [0.25, 0.3) is 0 Å². The molecule has 0 aliphatic carbocycles. The van der Waals surface area contributed by atoms with Crippen molar-refractivity contribution in [1.82, 2.24) is 0 Å². The summed E-state index contributed by atoms with van der Waals surface area (Å²) >= 11 is 0. The van der Waals surface area contributed by atoms with Crippen molar-refractivity contribution in [2.45, 2.75) is 44.8 Å². The van der Waals surface area contributed by atoms with Crippen LogP contribution in [0.3, 0.4) is 0 Å². The van der Waals surface area contributed by atoms with Gasteiger partial charge in [0, 0.05) is 6.61 Å². The van der Waals surface area contributed by atoms with E-state index in [0.29, 0.717) is 19.8 Å². The van der Waals surface area contributed by atoms with E-state index in [4.69, 9.17) is 18.9 Å². The van der Waals surface area contributed by atoms with Gasteiger partial charge in [0.2, 0.25) is 0 Å². The van der Waals surface area contributed by atoms with Gasteiger partial charge in [0.15, 0.2) is 12.5 Å². The molecule has 1 aliphatic heterocycles. The molecule has 4 nitrogen and oxygen atoms in total. The van der Waals surface area contributed by atoms with Crippen molar-refractivity contribution >= 4 is 0 Å². The van der Waals surface area contributed by atoms with E-state index < -0.39 is 24.7 Å². The van der Waals surface area contributed by atoms with E-state index in [1.165, 1.54) is 0 Å². The summed E-state index contributed by atoms with van der Waals surface area (Å²) in [5, 5.41) is 0. The van der Waals surface area contributed by atoms with Crippen LogP contribution < -0.4 is 0 Å². The van der Waals surface area contributed by atoms with Gasteiger partial charge in [-0.15, -0.1) is 0 Å². The van der Waals surface area contributed by atoms with Gasteiger partial charge in [-0.3, -0.25) is 0 Å². The molecule has 0 amide bonds. The predicted molar refractivity (Wildman–Crippen MR) is 96.3 cm³/mol. The maximum atomic E-state index is 14.8. The second-order valence-electron chi connectivity index (χ2n) is 6.20. The zero-order valence-electron chi connectivity index (χ0n) is 14.9. The first-order chi connectivity index (χ1) is 12.8. The van der Waals surface area contributed by atoms with Crippen LogP contribution in [0.15, 0.2) is 60.7 Å². The zero-order valence-corrected chi connectivity index (χ0v) is 14.9. The maximum Gasteiger partial charge on any atom is 0.187 e. The van der Waals surface area contributed by atoms with Crippen LogP contribution in [0.2, 0.25) is 0 Å². The largest absolute Gasteiger partial charge is 0.374 e. The monoisotopic (exact) mass is 360 g/mol. The van der Waals surface area contributed by atoms with Gasteiger partial charge in [-0.25, -0.2) is 4.39 Å². The first kappa shape index (κ1) is 19.0. The van der Waals surface area contributed by atoms with Crippen LogP contribution in [0, 0.1) is 0 Å². The molecule has 0 radical (unpaired) electrons. The molecule has 0 spiro atoms. The van der Waals surface area contributed by atoms with Crippen molar-refractivity contribution < 1.29 is 23.3 Å². The molecule has 0 bridgehead atoms. The molecule has 2 aromatic rings. The molecule has 0 N–H and O–H groups in total. The van der Waals surface area contributed by atoms with Gasteiger partial charge in [0.05, 0.1) is 19.8 Å². The molecule has 4 atom stereocenters. The summed E-state index contributed by atoms with van der Waals surface area (Å²) in [4.78, 5) is 0. The summed E-state index contributed by atoms with van der Waals surface area (Å²) in [7, 11) is 0. The van der Waals surface area contributed by atoms with Crippen molar-refractivity contribution in [2.75, 3.05) is 13.2 Å². The Morgan fingerprint density at radius 3 is 2.12 bits per heavy atom. The Balaban J connectivity index is 1.52. The summed E-state index contributed by atoms with van der Waals surface area (Å²) in [5.74, 6) is 0. The van der Waals surface area contributed by atoms with Crippen LogP contribution >= 0.6 is 0 Å². The molecule has 5 heteroatoms. The lowest BCUT2D eigenvalue weighted by molar-refractivity contribution is -0.181. The van der Waals surface area contributed by atoms with Gasteiger partial charge in [0.1, 0.15) is 12.2 Å². The highest BCUT2D eigenvalue weighted by Crippen LogP contribution is 2.29. The van der Waals surface area contributed by atoms with E-state index in [2.05, 4.69) is 0 Å². The molecule has 0 unspecified atom stereocenters. The SMILES string of the molecule is CCO[C@H]1O[C@H](COCc2ccccc2)[C@H](F)[C@H]1OCc1ccccc1. The molecule has 1 fully saturated rings. The molecule has 1 heterocycles. The van der Waals surface area contributed by atoms with Gasteiger partial charge in [0.25, 0.3) is 0 Å². The maximum absolute atomic E-state index is 14.8. The van der Waals surface area contributed by atoms with E-state index in [9.17, 15) is 4.39 Å². The fraction of sp³-hybridized carbons (Fsp3) is 0.429. The van der Waals surface area contributed by atoms with E-state index in [1.807, 2.05) is 67.6 Å². The summed E-state index contributed by atoms with van der Waals surface area (Å²) in [6.45, 7) is 3.17. The lowest BCUT2D eigenvalue weighted by atomic mass is 10.1. The molecular formula is C21H25FO4. The Morgan fingerprint density at radius 2 is 1.50 bits per heavy atom. The van der Waals surface area contributed by atoms with Crippen molar-refractivity contribution in [1.29, 1.82) is 0 Å². The molecular weight excluding hydrogens is 335 g/mol. The average Bonchev–Trinajstić information content (AvgIpc) is 2.97. The Kier molecular flexibility index (Phi) is 7.14. The summed E-state index contributed by atoms with van der Waals surface area (Å²) in [6, 6.07) is 19.5. The Bertz CT molecular complexity index is 637. The van der Waals surface area contributed by atoms with Crippen molar-refractivity contribution in [2.24, 2.45) is 0 Å². The normalized spacial score (nSPS) is 25.5. The summed E-state index contributed by atoms with van der Waals surface area (Å²) in [6.07, 6.45) is -3.48. The molecule has 140 valence electrons. The van der Waals surface area contributed by atoms with E-state index >= 15 is 0 Å². The first-order valence-electron chi connectivity index (χ1n) is 8.96. The third-order valence-electron chi connectivity index (χ3n) is 4.26. The minimum absolute atomic E-state index is 0.158. The Hall–Kier alpha value is -1.79. The molecule has 0 saturated carbocycles.